The number of benzene rings is 3. The minimum absolute atomic E-state index is 0.625. The van der Waals surface area contributed by atoms with E-state index in [2.05, 4.69) is 0 Å². The van der Waals surface area contributed by atoms with Crippen LogP contribution < -0.4 is 10.1 Å². The van der Waals surface area contributed by atoms with Crippen LogP contribution in [-0.2, 0) is 0 Å². The Kier molecular flexibility index (Phi) is 4.51. The molecule has 4 heteroatoms. The van der Waals surface area contributed by atoms with Crippen molar-refractivity contribution in [3.8, 4) is 0 Å². The summed E-state index contributed by atoms with van der Waals surface area (Å²) in [6.45, 7) is 4.00. The second kappa shape index (κ2) is 6.74. The van der Waals surface area contributed by atoms with Crippen molar-refractivity contribution in [1.82, 2.24) is 0 Å². The normalized spacial score (nSPS) is 10.5. The second-order valence-electron chi connectivity index (χ2n) is 5.81. The van der Waals surface area contributed by atoms with E-state index in [1.54, 1.807) is 24.3 Å². The van der Waals surface area contributed by atoms with Crippen molar-refractivity contribution >= 4 is 22.7 Å². The van der Waals surface area contributed by atoms with E-state index in [0.717, 1.165) is 21.3 Å². The van der Waals surface area contributed by atoms with Crippen LogP contribution in [0.5, 0.6) is 0 Å². The lowest BCUT2D eigenvalue weighted by Gasteiger charge is -2.20. The van der Waals surface area contributed by atoms with E-state index >= 15 is 0 Å². The lowest BCUT2D eigenvalue weighted by molar-refractivity contribution is 0.298. The summed E-state index contributed by atoms with van der Waals surface area (Å²) in [5.74, 6) is 0. The molecule has 2 N–H and O–H groups in total. The van der Waals surface area contributed by atoms with Gasteiger partial charge in [-0.25, -0.2) is 10.1 Å². The number of anilines is 4. The van der Waals surface area contributed by atoms with Gasteiger partial charge in [-0.05, 0) is 62.4 Å². The molecule has 0 unspecified atom stereocenters. The van der Waals surface area contributed by atoms with Crippen molar-refractivity contribution in [2.24, 2.45) is 0 Å². The predicted molar refractivity (Wildman–Crippen MR) is 96.7 cm³/mol. The lowest BCUT2D eigenvalue weighted by Crippen LogP contribution is -2.12. The Morgan fingerprint density at radius 1 is 0.458 bits per heavy atom. The van der Waals surface area contributed by atoms with Crippen LogP contribution in [0.15, 0.2) is 72.8 Å². The van der Waals surface area contributed by atoms with Crippen LogP contribution in [0.2, 0.25) is 0 Å². The van der Waals surface area contributed by atoms with Crippen LogP contribution in [0.4, 0.5) is 22.7 Å². The number of hydrogen-bond acceptors (Lipinski definition) is 4. The van der Waals surface area contributed by atoms with E-state index < -0.39 is 0 Å². The molecule has 0 aliphatic rings. The molecule has 0 amide bonds. The summed E-state index contributed by atoms with van der Waals surface area (Å²) < 4.78 is 0. The topological polar surface area (TPSA) is 46.9 Å². The molecule has 3 aromatic carbocycles. The van der Waals surface area contributed by atoms with E-state index in [9.17, 15) is 10.4 Å². The largest absolute Gasteiger partial charge is 0.284 e. The zero-order valence-corrected chi connectivity index (χ0v) is 13.7. The van der Waals surface area contributed by atoms with Gasteiger partial charge in [-0.2, -0.15) is 0 Å². The van der Waals surface area contributed by atoms with Crippen molar-refractivity contribution in [3.63, 3.8) is 0 Å². The van der Waals surface area contributed by atoms with E-state index in [1.165, 1.54) is 0 Å². The zero-order chi connectivity index (χ0) is 17.1. The van der Waals surface area contributed by atoms with Crippen LogP contribution in [-0.4, -0.2) is 10.4 Å². The number of hydrogen-bond donors (Lipinski definition) is 2. The molecule has 3 rings (SSSR count). The van der Waals surface area contributed by atoms with Gasteiger partial charge in [0.1, 0.15) is 0 Å². The third kappa shape index (κ3) is 3.40. The molecule has 3 aromatic rings. The molecule has 0 saturated carbocycles. The van der Waals surface area contributed by atoms with Crippen LogP contribution in [0.25, 0.3) is 0 Å². The first-order valence-corrected chi connectivity index (χ1v) is 7.76. The fourth-order valence-electron chi connectivity index (χ4n) is 2.41. The average Bonchev–Trinajstić information content (AvgIpc) is 2.62. The molecule has 0 radical (unpaired) electrons. The van der Waals surface area contributed by atoms with Gasteiger partial charge in [-0.3, -0.25) is 10.4 Å². The van der Waals surface area contributed by atoms with Gasteiger partial charge in [-0.1, -0.05) is 35.4 Å². The molecule has 0 saturated heterocycles. The molecule has 0 heterocycles. The predicted octanol–water partition coefficient (Wildman–Crippen LogP) is 5.36. The Balaban J connectivity index is 1.79. The van der Waals surface area contributed by atoms with Crippen molar-refractivity contribution in [3.05, 3.63) is 83.9 Å². The summed E-state index contributed by atoms with van der Waals surface area (Å²) in [5.41, 5.74) is 4.90. The average molecular weight is 320 g/mol. The van der Waals surface area contributed by atoms with Crippen LogP contribution in [0.1, 0.15) is 11.1 Å². The monoisotopic (exact) mass is 320 g/mol. The van der Waals surface area contributed by atoms with E-state index in [0.29, 0.717) is 22.7 Å². The standard InChI is InChI=1S/C20H20N2O2/c1-15-3-7-17(8-4-15)21(23)19-11-13-20(14-12-19)22(24)18-9-5-16(2)6-10-18/h3-14,23-24H,1-2H3. The number of rotatable bonds is 4. The van der Waals surface area contributed by atoms with Gasteiger partial charge >= 0.3 is 0 Å². The van der Waals surface area contributed by atoms with Crippen molar-refractivity contribution < 1.29 is 10.4 Å². The Hall–Kier alpha value is -2.82. The molecule has 0 bridgehead atoms. The third-order valence-electron chi connectivity index (χ3n) is 3.90. The molecule has 0 atom stereocenters. The molecule has 24 heavy (non-hydrogen) atoms. The van der Waals surface area contributed by atoms with E-state index in [-0.39, 0.29) is 0 Å². The Morgan fingerprint density at radius 3 is 0.917 bits per heavy atom. The number of aryl methyl sites for hydroxylation is 2. The zero-order valence-electron chi connectivity index (χ0n) is 13.7. The maximum atomic E-state index is 10.3. The third-order valence-corrected chi connectivity index (χ3v) is 3.90. The van der Waals surface area contributed by atoms with Crippen molar-refractivity contribution in [1.29, 1.82) is 0 Å². The quantitative estimate of drug-likeness (QED) is 0.635. The summed E-state index contributed by atoms with van der Waals surface area (Å²) in [6, 6.07) is 22.2. The molecule has 0 fully saturated rings. The second-order valence-corrected chi connectivity index (χ2v) is 5.81. The highest BCUT2D eigenvalue weighted by atomic mass is 16.5. The van der Waals surface area contributed by atoms with Crippen LogP contribution >= 0.6 is 0 Å². The maximum absolute atomic E-state index is 10.3. The van der Waals surface area contributed by atoms with Gasteiger partial charge in [-0.15, -0.1) is 0 Å². The van der Waals surface area contributed by atoms with Gasteiger partial charge in [0.05, 0.1) is 22.7 Å². The fourth-order valence-corrected chi connectivity index (χ4v) is 2.41. The van der Waals surface area contributed by atoms with E-state index in [1.807, 2.05) is 62.4 Å². The highest BCUT2D eigenvalue weighted by molar-refractivity contribution is 5.66. The smallest absolute Gasteiger partial charge is 0.0694 e. The highest BCUT2D eigenvalue weighted by Crippen LogP contribution is 2.28. The first-order valence-electron chi connectivity index (χ1n) is 7.76. The first kappa shape index (κ1) is 16.1. The molecule has 0 aliphatic heterocycles. The lowest BCUT2D eigenvalue weighted by atomic mass is 10.2. The van der Waals surface area contributed by atoms with Gasteiger partial charge < -0.3 is 0 Å². The summed E-state index contributed by atoms with van der Waals surface area (Å²) >= 11 is 0. The number of nitrogens with zero attached hydrogens (tertiary/aromatic N) is 2. The minimum atomic E-state index is 0.625. The Morgan fingerprint density at radius 2 is 0.667 bits per heavy atom. The van der Waals surface area contributed by atoms with Gasteiger partial charge in [0.15, 0.2) is 0 Å². The summed E-state index contributed by atoms with van der Waals surface area (Å²) in [5, 5.41) is 22.9. The van der Waals surface area contributed by atoms with Gasteiger partial charge in [0, 0.05) is 0 Å². The molecular formula is C20H20N2O2. The molecule has 0 spiro atoms. The SMILES string of the molecule is Cc1ccc(N(O)c2ccc(N(O)c3ccc(C)cc3)cc2)cc1. The molecule has 0 aromatic heterocycles. The fraction of sp³-hybridized carbons (Fsp3) is 0.100. The molecule has 122 valence electrons. The van der Waals surface area contributed by atoms with Crippen molar-refractivity contribution in [2.45, 2.75) is 13.8 Å². The van der Waals surface area contributed by atoms with Crippen LogP contribution in [0.3, 0.4) is 0 Å². The minimum Gasteiger partial charge on any atom is -0.284 e. The Bertz CT molecular complexity index is 726. The van der Waals surface area contributed by atoms with Gasteiger partial charge in [0.25, 0.3) is 0 Å². The van der Waals surface area contributed by atoms with E-state index in [4.69, 9.17) is 0 Å². The van der Waals surface area contributed by atoms with Crippen molar-refractivity contribution in [2.75, 3.05) is 10.1 Å². The first-order chi connectivity index (χ1) is 11.5. The highest BCUT2D eigenvalue weighted by Gasteiger charge is 2.09. The Labute approximate surface area is 141 Å². The van der Waals surface area contributed by atoms with Crippen LogP contribution in [0, 0.1) is 13.8 Å². The summed E-state index contributed by atoms with van der Waals surface area (Å²) in [4.78, 5) is 0. The summed E-state index contributed by atoms with van der Waals surface area (Å²) in [7, 11) is 0. The molecular weight excluding hydrogens is 300 g/mol. The molecule has 0 aliphatic carbocycles. The molecule has 4 nitrogen and oxygen atoms in total. The summed E-state index contributed by atoms with van der Waals surface area (Å²) in [6.07, 6.45) is 0. The maximum Gasteiger partial charge on any atom is 0.0694 e. The van der Waals surface area contributed by atoms with Gasteiger partial charge in [0.2, 0.25) is 0 Å².